The fourth-order valence-electron chi connectivity index (χ4n) is 2.97. The number of carbonyl (C=O) groups excluding carboxylic acids is 1. The molecule has 5 nitrogen and oxygen atoms in total. The van der Waals surface area contributed by atoms with Gasteiger partial charge in [-0.15, -0.1) is 0 Å². The van der Waals surface area contributed by atoms with E-state index in [2.05, 4.69) is 21.9 Å². The molecule has 3 heterocycles. The molecule has 0 saturated carbocycles. The van der Waals surface area contributed by atoms with Gasteiger partial charge in [0.2, 0.25) is 0 Å². The van der Waals surface area contributed by atoms with Crippen LogP contribution in [0.3, 0.4) is 0 Å². The summed E-state index contributed by atoms with van der Waals surface area (Å²) >= 11 is 0. The van der Waals surface area contributed by atoms with Crippen LogP contribution in [-0.4, -0.2) is 27.5 Å². The average Bonchev–Trinajstić information content (AvgIpc) is 3.03. The summed E-state index contributed by atoms with van der Waals surface area (Å²) in [5.74, 6) is -0.297. The maximum absolute atomic E-state index is 12.7. The molecule has 1 N–H and O–H groups in total. The van der Waals surface area contributed by atoms with E-state index in [4.69, 9.17) is 4.74 Å². The van der Waals surface area contributed by atoms with Crippen LogP contribution in [0.5, 0.6) is 0 Å². The van der Waals surface area contributed by atoms with Crippen molar-refractivity contribution in [3.05, 3.63) is 60.2 Å². The van der Waals surface area contributed by atoms with E-state index in [1.54, 1.807) is 24.8 Å². The number of pyridine rings is 2. The van der Waals surface area contributed by atoms with Gasteiger partial charge in [0, 0.05) is 35.9 Å². The third kappa shape index (κ3) is 3.45. The van der Waals surface area contributed by atoms with Gasteiger partial charge in [0.1, 0.15) is 0 Å². The Kier molecular flexibility index (Phi) is 5.23. The Labute approximate surface area is 147 Å². The number of ether oxygens (including phenoxy) is 1. The molecule has 3 aromatic rings. The van der Waals surface area contributed by atoms with Crippen molar-refractivity contribution in [3.63, 3.8) is 0 Å². The molecule has 0 atom stereocenters. The van der Waals surface area contributed by atoms with Crippen LogP contribution in [-0.2, 0) is 11.2 Å². The largest absolute Gasteiger partial charge is 0.462 e. The molecule has 5 heteroatoms. The number of nitrogens with zero attached hydrogens (tertiary/aromatic N) is 2. The summed E-state index contributed by atoms with van der Waals surface area (Å²) in [5, 5.41) is 0. The molecule has 0 aromatic carbocycles. The lowest BCUT2D eigenvalue weighted by Crippen LogP contribution is -2.08. The number of hydrogen-bond donors (Lipinski definition) is 1. The summed E-state index contributed by atoms with van der Waals surface area (Å²) in [6.45, 7) is 4.26. The molecule has 0 aliphatic heterocycles. The fourth-order valence-corrected chi connectivity index (χ4v) is 2.97. The lowest BCUT2D eigenvalue weighted by Gasteiger charge is -2.07. The van der Waals surface area contributed by atoms with Crippen molar-refractivity contribution in [1.29, 1.82) is 0 Å². The molecule has 3 aromatic heterocycles. The van der Waals surface area contributed by atoms with Crippen molar-refractivity contribution in [3.8, 4) is 22.5 Å². The van der Waals surface area contributed by atoms with Crippen LogP contribution in [0, 0.1) is 0 Å². The number of H-pyrrole nitrogens is 1. The van der Waals surface area contributed by atoms with Crippen LogP contribution in [0.1, 0.15) is 36.2 Å². The number of carbonyl (C=O) groups is 1. The van der Waals surface area contributed by atoms with E-state index in [0.29, 0.717) is 12.2 Å². The zero-order valence-corrected chi connectivity index (χ0v) is 14.5. The van der Waals surface area contributed by atoms with Crippen LogP contribution in [0.4, 0.5) is 0 Å². The number of nitrogens with one attached hydrogen (secondary N) is 1. The Morgan fingerprint density at radius 2 is 1.52 bits per heavy atom. The first-order valence-electron chi connectivity index (χ1n) is 8.49. The van der Waals surface area contributed by atoms with E-state index < -0.39 is 0 Å². The lowest BCUT2D eigenvalue weighted by atomic mass is 9.99. The predicted octanol–water partition coefficient (Wildman–Crippen LogP) is 4.27. The monoisotopic (exact) mass is 335 g/mol. The molecule has 0 spiro atoms. The fraction of sp³-hybridized carbons (Fsp3) is 0.250. The van der Waals surface area contributed by atoms with Crippen molar-refractivity contribution >= 4 is 5.97 Å². The Morgan fingerprint density at radius 1 is 0.960 bits per heavy atom. The minimum absolute atomic E-state index is 0.297. The molecular weight excluding hydrogens is 314 g/mol. The highest BCUT2D eigenvalue weighted by Crippen LogP contribution is 2.35. The van der Waals surface area contributed by atoms with Gasteiger partial charge in [0.05, 0.1) is 23.6 Å². The minimum Gasteiger partial charge on any atom is -0.462 e. The van der Waals surface area contributed by atoms with Gasteiger partial charge in [-0.05, 0) is 43.2 Å². The molecule has 0 aliphatic carbocycles. The summed E-state index contributed by atoms with van der Waals surface area (Å²) in [4.78, 5) is 24.3. The van der Waals surface area contributed by atoms with E-state index in [1.165, 1.54) is 0 Å². The van der Waals surface area contributed by atoms with Gasteiger partial charge in [-0.2, -0.15) is 0 Å². The Hall–Kier alpha value is -2.95. The number of aromatic nitrogens is 3. The summed E-state index contributed by atoms with van der Waals surface area (Å²) in [6.07, 6.45) is 8.66. The molecule has 0 fully saturated rings. The van der Waals surface area contributed by atoms with Crippen LogP contribution in [0.25, 0.3) is 22.5 Å². The molecule has 128 valence electrons. The van der Waals surface area contributed by atoms with Crippen molar-refractivity contribution in [1.82, 2.24) is 15.0 Å². The van der Waals surface area contributed by atoms with Crippen LogP contribution in [0.15, 0.2) is 49.1 Å². The van der Waals surface area contributed by atoms with E-state index >= 15 is 0 Å². The topological polar surface area (TPSA) is 67.9 Å². The average molecular weight is 335 g/mol. The van der Waals surface area contributed by atoms with Gasteiger partial charge < -0.3 is 9.72 Å². The van der Waals surface area contributed by atoms with Crippen LogP contribution < -0.4 is 0 Å². The molecule has 0 amide bonds. The van der Waals surface area contributed by atoms with Crippen LogP contribution >= 0.6 is 0 Å². The summed E-state index contributed by atoms with van der Waals surface area (Å²) < 4.78 is 5.34. The highest BCUT2D eigenvalue weighted by molar-refractivity contribution is 6.00. The van der Waals surface area contributed by atoms with Crippen molar-refractivity contribution in [2.24, 2.45) is 0 Å². The van der Waals surface area contributed by atoms with Gasteiger partial charge in [-0.3, -0.25) is 9.97 Å². The molecule has 0 unspecified atom stereocenters. The zero-order valence-electron chi connectivity index (χ0n) is 14.5. The first kappa shape index (κ1) is 16.9. The predicted molar refractivity (Wildman–Crippen MR) is 97.2 cm³/mol. The number of aromatic amines is 1. The van der Waals surface area contributed by atoms with E-state index in [-0.39, 0.29) is 5.97 Å². The van der Waals surface area contributed by atoms with E-state index in [1.807, 2.05) is 31.2 Å². The molecule has 25 heavy (non-hydrogen) atoms. The Balaban J connectivity index is 2.25. The molecular formula is C20H21N3O2. The Morgan fingerprint density at radius 3 is 2.04 bits per heavy atom. The van der Waals surface area contributed by atoms with Crippen molar-refractivity contribution in [2.75, 3.05) is 6.61 Å². The van der Waals surface area contributed by atoms with Gasteiger partial charge in [-0.1, -0.05) is 13.3 Å². The van der Waals surface area contributed by atoms with Gasteiger partial charge >= 0.3 is 5.97 Å². The first-order valence-corrected chi connectivity index (χ1v) is 8.49. The van der Waals surface area contributed by atoms with E-state index in [9.17, 15) is 4.79 Å². The lowest BCUT2D eigenvalue weighted by molar-refractivity contribution is 0.0526. The third-order valence-electron chi connectivity index (χ3n) is 4.02. The maximum atomic E-state index is 12.7. The first-order chi connectivity index (χ1) is 12.3. The van der Waals surface area contributed by atoms with Gasteiger partial charge in [0.15, 0.2) is 0 Å². The second-order valence-electron chi connectivity index (χ2n) is 5.67. The number of esters is 1. The second kappa shape index (κ2) is 7.75. The molecule has 0 aliphatic rings. The standard InChI is InChI=1S/C20H21N3O2/c1-3-5-16-17(20(24)25-4-2)19(15-8-12-22-13-9-15)23-18(16)14-6-10-21-11-7-14/h6-13,23H,3-5H2,1-2H3. The van der Waals surface area contributed by atoms with E-state index in [0.717, 1.165) is 40.9 Å². The zero-order chi connectivity index (χ0) is 17.6. The smallest absolute Gasteiger partial charge is 0.340 e. The minimum atomic E-state index is -0.297. The number of rotatable bonds is 6. The van der Waals surface area contributed by atoms with Crippen molar-refractivity contribution < 1.29 is 9.53 Å². The summed E-state index contributed by atoms with van der Waals surface area (Å²) in [5.41, 5.74) is 5.23. The summed E-state index contributed by atoms with van der Waals surface area (Å²) in [6, 6.07) is 7.66. The van der Waals surface area contributed by atoms with Crippen molar-refractivity contribution in [2.45, 2.75) is 26.7 Å². The summed E-state index contributed by atoms with van der Waals surface area (Å²) in [7, 11) is 0. The Bertz CT molecular complexity index is 842. The van der Waals surface area contributed by atoms with Gasteiger partial charge in [-0.25, -0.2) is 4.79 Å². The second-order valence-corrected chi connectivity index (χ2v) is 5.67. The molecule has 0 bridgehead atoms. The highest BCUT2D eigenvalue weighted by Gasteiger charge is 2.25. The maximum Gasteiger partial charge on any atom is 0.340 e. The molecule has 0 radical (unpaired) electrons. The number of hydrogen-bond acceptors (Lipinski definition) is 4. The van der Waals surface area contributed by atoms with Gasteiger partial charge in [0.25, 0.3) is 0 Å². The molecule has 3 rings (SSSR count). The quantitative estimate of drug-likeness (QED) is 0.683. The SMILES string of the molecule is CCCc1c(-c2ccncc2)[nH]c(-c2ccncc2)c1C(=O)OCC. The van der Waals surface area contributed by atoms with Crippen LogP contribution in [0.2, 0.25) is 0 Å². The normalized spacial score (nSPS) is 10.6. The highest BCUT2D eigenvalue weighted by atomic mass is 16.5. The molecule has 0 saturated heterocycles. The third-order valence-corrected chi connectivity index (χ3v) is 4.02.